The van der Waals surface area contributed by atoms with Gasteiger partial charge in [0.25, 0.3) is 0 Å². The van der Waals surface area contributed by atoms with Gasteiger partial charge in [0.15, 0.2) is 11.6 Å². The van der Waals surface area contributed by atoms with Crippen LogP contribution in [-0.4, -0.2) is 27.5 Å². The highest BCUT2D eigenvalue weighted by molar-refractivity contribution is 5.82. The molecular formula is C19H21F2N3O. The fraction of sp³-hybridized carbons (Fsp3) is 0.474. The highest BCUT2D eigenvalue weighted by Crippen LogP contribution is 2.44. The summed E-state index contributed by atoms with van der Waals surface area (Å²) < 4.78 is 26.7. The lowest BCUT2D eigenvalue weighted by Crippen LogP contribution is -2.37. The molecule has 0 saturated heterocycles. The fourth-order valence-corrected chi connectivity index (χ4v) is 3.84. The van der Waals surface area contributed by atoms with Crippen LogP contribution >= 0.6 is 0 Å². The minimum Gasteiger partial charge on any atom is -0.338 e. The van der Waals surface area contributed by atoms with Gasteiger partial charge in [0.2, 0.25) is 5.91 Å². The van der Waals surface area contributed by atoms with Crippen LogP contribution in [0.1, 0.15) is 37.4 Å². The Hall–Kier alpha value is -2.24. The number of hydrogen-bond acceptors (Lipinski definition) is 2. The normalized spacial score (nSPS) is 22.0. The maximum Gasteiger partial charge on any atom is 0.226 e. The molecule has 1 fully saturated rings. The number of aromatic nitrogens is 2. The quantitative estimate of drug-likeness (QED) is 0.919. The van der Waals surface area contributed by atoms with Gasteiger partial charge in [0.1, 0.15) is 0 Å². The Balaban J connectivity index is 1.55. The molecule has 1 aromatic heterocycles. The summed E-state index contributed by atoms with van der Waals surface area (Å²) in [5.41, 5.74) is 3.02. The maximum absolute atomic E-state index is 13.6. The molecule has 1 aromatic carbocycles. The zero-order valence-electron chi connectivity index (χ0n) is 14.2. The van der Waals surface area contributed by atoms with Crippen LogP contribution in [0.25, 0.3) is 11.3 Å². The van der Waals surface area contributed by atoms with Crippen molar-refractivity contribution in [3.63, 3.8) is 0 Å². The van der Waals surface area contributed by atoms with Gasteiger partial charge in [-0.1, -0.05) is 13.3 Å². The number of carbonyl (C=O) groups is 1. The molecule has 2 atom stereocenters. The smallest absolute Gasteiger partial charge is 0.226 e. The summed E-state index contributed by atoms with van der Waals surface area (Å²) in [5.74, 6) is -0.838. The maximum atomic E-state index is 13.6. The van der Waals surface area contributed by atoms with E-state index < -0.39 is 11.6 Å². The molecule has 132 valence electrons. The summed E-state index contributed by atoms with van der Waals surface area (Å²) in [4.78, 5) is 14.6. The van der Waals surface area contributed by atoms with Crippen LogP contribution in [0.4, 0.5) is 8.78 Å². The molecular weight excluding hydrogens is 324 g/mol. The van der Waals surface area contributed by atoms with Crippen molar-refractivity contribution in [1.82, 2.24) is 15.1 Å². The fourth-order valence-electron chi connectivity index (χ4n) is 3.84. The summed E-state index contributed by atoms with van der Waals surface area (Å²) in [6.07, 6.45) is 3.93. The number of fused-ring (bicyclic) bond motifs is 1. The van der Waals surface area contributed by atoms with Gasteiger partial charge in [0, 0.05) is 42.2 Å². The van der Waals surface area contributed by atoms with E-state index in [9.17, 15) is 13.6 Å². The first-order valence-electron chi connectivity index (χ1n) is 8.88. The monoisotopic (exact) mass is 345 g/mol. The first kappa shape index (κ1) is 16.2. The number of nitrogens with one attached hydrogen (secondary N) is 1. The van der Waals surface area contributed by atoms with Gasteiger partial charge < -0.3 is 4.90 Å². The van der Waals surface area contributed by atoms with Crippen LogP contribution in [0.3, 0.4) is 0 Å². The van der Waals surface area contributed by atoms with E-state index >= 15 is 0 Å². The van der Waals surface area contributed by atoms with Crippen molar-refractivity contribution in [3.05, 3.63) is 41.1 Å². The van der Waals surface area contributed by atoms with E-state index in [1.165, 1.54) is 6.07 Å². The lowest BCUT2D eigenvalue weighted by molar-refractivity contribution is -0.133. The second-order valence-electron chi connectivity index (χ2n) is 7.06. The second kappa shape index (κ2) is 6.24. The van der Waals surface area contributed by atoms with Crippen LogP contribution in [0, 0.1) is 23.5 Å². The third kappa shape index (κ3) is 2.94. The molecule has 2 aromatic rings. The van der Waals surface area contributed by atoms with Crippen LogP contribution in [0.5, 0.6) is 0 Å². The number of H-pyrrole nitrogens is 1. The minimum absolute atomic E-state index is 0.167. The number of amides is 1. The first-order chi connectivity index (χ1) is 12.1. The lowest BCUT2D eigenvalue weighted by Gasteiger charge is -2.27. The van der Waals surface area contributed by atoms with E-state index in [1.54, 1.807) is 0 Å². The van der Waals surface area contributed by atoms with Gasteiger partial charge in [-0.2, -0.15) is 5.10 Å². The lowest BCUT2D eigenvalue weighted by atomic mass is 10.0. The van der Waals surface area contributed by atoms with Gasteiger partial charge in [-0.3, -0.25) is 9.89 Å². The van der Waals surface area contributed by atoms with E-state index in [0.717, 1.165) is 42.7 Å². The number of halogens is 2. The molecule has 0 radical (unpaired) electrons. The standard InChI is InChI=1S/C19H21F2N3O/c1-2-3-11-8-13(11)19(25)24-7-6-17-14(10-24)18(23-22-17)12-4-5-15(20)16(21)9-12/h4-5,9,11,13H,2-3,6-8,10H2,1H3,(H,22,23)/t11-,13+/m0/s1. The molecule has 25 heavy (non-hydrogen) atoms. The number of aromatic amines is 1. The molecule has 4 rings (SSSR count). The van der Waals surface area contributed by atoms with Crippen LogP contribution in [0.2, 0.25) is 0 Å². The van der Waals surface area contributed by atoms with Gasteiger partial charge >= 0.3 is 0 Å². The molecule has 2 heterocycles. The van der Waals surface area contributed by atoms with Crippen molar-refractivity contribution < 1.29 is 13.6 Å². The molecule has 0 bridgehead atoms. The van der Waals surface area contributed by atoms with Crippen molar-refractivity contribution >= 4 is 5.91 Å². The predicted octanol–water partition coefficient (Wildman–Crippen LogP) is 3.68. The molecule has 1 aliphatic carbocycles. The van der Waals surface area contributed by atoms with E-state index in [-0.39, 0.29) is 11.8 Å². The molecule has 1 saturated carbocycles. The second-order valence-corrected chi connectivity index (χ2v) is 7.06. The molecule has 2 aliphatic rings. The van der Waals surface area contributed by atoms with E-state index in [4.69, 9.17) is 0 Å². The predicted molar refractivity (Wildman–Crippen MR) is 89.6 cm³/mol. The van der Waals surface area contributed by atoms with Crippen LogP contribution in [-0.2, 0) is 17.8 Å². The van der Waals surface area contributed by atoms with Crippen molar-refractivity contribution in [1.29, 1.82) is 0 Å². The van der Waals surface area contributed by atoms with Crippen molar-refractivity contribution in [3.8, 4) is 11.3 Å². The zero-order chi connectivity index (χ0) is 17.6. The van der Waals surface area contributed by atoms with Gasteiger partial charge in [-0.25, -0.2) is 8.78 Å². The average Bonchev–Trinajstić information content (AvgIpc) is 3.25. The molecule has 0 spiro atoms. The van der Waals surface area contributed by atoms with Gasteiger partial charge in [-0.05, 0) is 37.0 Å². The van der Waals surface area contributed by atoms with E-state index in [2.05, 4.69) is 17.1 Å². The SMILES string of the molecule is CCC[C@H]1C[C@H]1C(=O)N1CCc2[nH]nc(-c3ccc(F)c(F)c3)c2C1. The molecule has 1 N–H and O–H groups in total. The number of carbonyl (C=O) groups excluding carboxylic acids is 1. The van der Waals surface area contributed by atoms with Crippen molar-refractivity contribution in [2.24, 2.45) is 11.8 Å². The summed E-state index contributed by atoms with van der Waals surface area (Å²) in [5, 5.41) is 7.27. The topological polar surface area (TPSA) is 49.0 Å². The Morgan fingerprint density at radius 2 is 2.20 bits per heavy atom. The Morgan fingerprint density at radius 1 is 1.36 bits per heavy atom. The third-order valence-corrected chi connectivity index (χ3v) is 5.34. The van der Waals surface area contributed by atoms with Gasteiger partial charge in [-0.15, -0.1) is 0 Å². The van der Waals surface area contributed by atoms with Crippen molar-refractivity contribution in [2.45, 2.75) is 39.2 Å². The highest BCUT2D eigenvalue weighted by Gasteiger charge is 2.44. The molecule has 4 nitrogen and oxygen atoms in total. The van der Waals surface area contributed by atoms with E-state index in [1.807, 2.05) is 4.90 Å². The molecule has 0 unspecified atom stereocenters. The Kier molecular flexibility index (Phi) is 4.06. The summed E-state index contributed by atoms with van der Waals surface area (Å²) in [7, 11) is 0. The number of nitrogens with zero attached hydrogens (tertiary/aromatic N) is 2. The van der Waals surface area contributed by atoms with Crippen LogP contribution in [0.15, 0.2) is 18.2 Å². The summed E-state index contributed by atoms with van der Waals surface area (Å²) in [6, 6.07) is 3.79. The largest absolute Gasteiger partial charge is 0.338 e. The minimum atomic E-state index is -0.890. The molecule has 6 heteroatoms. The Morgan fingerprint density at radius 3 is 2.96 bits per heavy atom. The molecule has 1 aliphatic heterocycles. The van der Waals surface area contributed by atoms with E-state index in [0.29, 0.717) is 36.7 Å². The number of hydrogen-bond donors (Lipinski definition) is 1. The zero-order valence-corrected chi connectivity index (χ0v) is 14.2. The first-order valence-corrected chi connectivity index (χ1v) is 8.88. The van der Waals surface area contributed by atoms with Crippen molar-refractivity contribution in [2.75, 3.05) is 6.54 Å². The Labute approximate surface area is 145 Å². The molecule has 1 amide bonds. The number of rotatable bonds is 4. The number of benzene rings is 1. The van der Waals surface area contributed by atoms with Crippen LogP contribution < -0.4 is 0 Å². The average molecular weight is 345 g/mol. The third-order valence-electron chi connectivity index (χ3n) is 5.34. The summed E-state index contributed by atoms with van der Waals surface area (Å²) in [6.45, 7) is 3.31. The summed E-state index contributed by atoms with van der Waals surface area (Å²) >= 11 is 0. The van der Waals surface area contributed by atoms with Gasteiger partial charge in [0.05, 0.1) is 5.69 Å². The highest BCUT2D eigenvalue weighted by atomic mass is 19.2. The Bertz CT molecular complexity index is 817.